The van der Waals surface area contributed by atoms with Gasteiger partial charge in [-0.2, -0.15) is 0 Å². The molecule has 0 amide bonds. The average molecular weight is 1840 g/mol. The molecule has 0 N–H and O–H groups in total. The minimum absolute atomic E-state index is 0.880. The number of fused-ring (bicyclic) bond motifs is 20. The molecule has 0 unspecified atom stereocenters. The fourth-order valence-electron chi connectivity index (χ4n) is 21.3. The minimum atomic E-state index is 0.880. The zero-order chi connectivity index (χ0) is 93.7. The van der Waals surface area contributed by atoms with Crippen molar-refractivity contribution in [3.63, 3.8) is 0 Å². The first-order chi connectivity index (χ1) is 70.3. The maximum absolute atomic E-state index is 6.57. The Morgan fingerprint density at radius 2 is 0.352 bits per heavy atom. The molecular weight excluding hydrogens is 1760 g/mol. The molecule has 0 saturated carbocycles. The molecule has 664 valence electrons. The molecule has 4 aromatic heterocycles. The highest BCUT2D eigenvalue weighted by Gasteiger charge is 2.23. The molecule has 0 aliphatic heterocycles. The monoisotopic (exact) mass is 1840 g/mol. The van der Waals surface area contributed by atoms with Gasteiger partial charge < -0.3 is 18.6 Å². The van der Waals surface area contributed by atoms with Gasteiger partial charge in [0.2, 0.25) is 0 Å². The molecule has 0 atom stereocenters. The first-order valence-electron chi connectivity index (χ1n) is 48.4. The molecule has 0 spiro atoms. The summed E-state index contributed by atoms with van der Waals surface area (Å²) in [5.41, 5.74) is 33.6. The van der Waals surface area contributed by atoms with Crippen LogP contribution in [0.4, 0.5) is 34.1 Å². The topological polar surface area (TPSA) is 32.8 Å². The molecule has 24 aromatic carbocycles. The van der Waals surface area contributed by atoms with E-state index in [9.17, 15) is 0 Å². The third-order valence-corrected chi connectivity index (χ3v) is 30.8. The summed E-state index contributed by atoms with van der Waals surface area (Å²) in [5.74, 6) is 0. The Morgan fingerprint density at radius 3 is 0.655 bits per heavy atom. The molecular formula is C136H86N2O2S2. The molecule has 4 heterocycles. The Morgan fingerprint density at radius 1 is 0.134 bits per heavy atom. The zero-order valence-corrected chi connectivity index (χ0v) is 78.8. The number of hydrogen-bond acceptors (Lipinski definition) is 6. The first-order valence-corrected chi connectivity index (χ1v) is 50.0. The summed E-state index contributed by atoms with van der Waals surface area (Å²) in [7, 11) is 0. The van der Waals surface area contributed by atoms with E-state index in [1.807, 2.05) is 22.7 Å². The largest absolute Gasteiger partial charge is 0.455 e. The van der Waals surface area contributed by atoms with Crippen LogP contribution in [0.15, 0.2) is 531 Å². The van der Waals surface area contributed by atoms with Crippen molar-refractivity contribution in [1.29, 1.82) is 0 Å². The zero-order valence-electron chi connectivity index (χ0n) is 77.2. The number of furan rings is 2. The van der Waals surface area contributed by atoms with Crippen LogP contribution in [0, 0.1) is 0 Å². The predicted octanol–water partition coefficient (Wildman–Crippen LogP) is 40.1. The van der Waals surface area contributed by atoms with Gasteiger partial charge in [-0.05, 0) is 326 Å². The van der Waals surface area contributed by atoms with E-state index in [1.165, 1.54) is 145 Å². The fourth-order valence-corrected chi connectivity index (χ4v) is 23.5. The highest BCUT2D eigenvalue weighted by Crippen LogP contribution is 2.49. The average Bonchev–Trinajstić information content (AvgIpc) is 1.60. The molecule has 6 heteroatoms. The predicted molar refractivity (Wildman–Crippen MR) is 607 cm³/mol. The van der Waals surface area contributed by atoms with E-state index >= 15 is 0 Å². The summed E-state index contributed by atoms with van der Waals surface area (Å²) in [6.07, 6.45) is 0. The van der Waals surface area contributed by atoms with Crippen LogP contribution < -0.4 is 9.80 Å². The number of thiophene rings is 2. The van der Waals surface area contributed by atoms with Gasteiger partial charge in [0.25, 0.3) is 0 Å². The number of anilines is 6. The lowest BCUT2D eigenvalue weighted by atomic mass is 9.92. The van der Waals surface area contributed by atoms with Gasteiger partial charge in [-0.1, -0.05) is 340 Å². The normalized spacial score (nSPS) is 11.7. The summed E-state index contributed by atoms with van der Waals surface area (Å²) in [4.78, 5) is 4.71. The van der Waals surface area contributed by atoms with Gasteiger partial charge in [0, 0.05) is 107 Å². The van der Waals surface area contributed by atoms with Crippen molar-refractivity contribution < 1.29 is 8.83 Å². The first kappa shape index (κ1) is 83.3. The van der Waals surface area contributed by atoms with Crippen molar-refractivity contribution in [3.05, 3.63) is 522 Å². The highest BCUT2D eigenvalue weighted by atomic mass is 32.1. The van der Waals surface area contributed by atoms with Crippen LogP contribution in [0.3, 0.4) is 0 Å². The van der Waals surface area contributed by atoms with Crippen molar-refractivity contribution in [2.24, 2.45) is 0 Å². The smallest absolute Gasteiger partial charge is 0.143 e. The highest BCUT2D eigenvalue weighted by molar-refractivity contribution is 7.26. The van der Waals surface area contributed by atoms with E-state index < -0.39 is 0 Å². The molecule has 0 aliphatic rings. The van der Waals surface area contributed by atoms with Crippen LogP contribution in [-0.2, 0) is 0 Å². The van der Waals surface area contributed by atoms with Crippen molar-refractivity contribution in [2.75, 3.05) is 9.80 Å². The van der Waals surface area contributed by atoms with Gasteiger partial charge >= 0.3 is 0 Å². The van der Waals surface area contributed by atoms with Gasteiger partial charge in [0.15, 0.2) is 0 Å². The van der Waals surface area contributed by atoms with Gasteiger partial charge in [0.05, 0.1) is 0 Å². The maximum atomic E-state index is 6.57. The van der Waals surface area contributed by atoms with E-state index in [2.05, 4.69) is 532 Å². The molecule has 0 radical (unpaired) electrons. The Kier molecular flexibility index (Phi) is 20.7. The van der Waals surface area contributed by atoms with Gasteiger partial charge in [-0.3, -0.25) is 0 Å². The second-order valence-corrected chi connectivity index (χ2v) is 39.1. The van der Waals surface area contributed by atoms with Crippen molar-refractivity contribution in [3.8, 4) is 111 Å². The van der Waals surface area contributed by atoms with E-state index in [0.717, 1.165) is 128 Å². The van der Waals surface area contributed by atoms with E-state index in [-0.39, 0.29) is 0 Å². The second-order valence-electron chi connectivity index (χ2n) is 36.9. The van der Waals surface area contributed by atoms with Crippen LogP contribution in [0.25, 0.3) is 239 Å². The molecule has 0 fully saturated rings. The summed E-state index contributed by atoms with van der Waals surface area (Å²) in [6, 6.07) is 190. The quantitative estimate of drug-likeness (QED) is 0.0965. The van der Waals surface area contributed by atoms with E-state index in [0.29, 0.717) is 0 Å². The lowest BCUT2D eigenvalue weighted by Gasteiger charge is -2.26. The van der Waals surface area contributed by atoms with Gasteiger partial charge in [-0.15, -0.1) is 22.7 Å². The maximum Gasteiger partial charge on any atom is 0.143 e. The van der Waals surface area contributed by atoms with Gasteiger partial charge in [0.1, 0.15) is 22.3 Å². The van der Waals surface area contributed by atoms with Crippen LogP contribution in [0.2, 0.25) is 0 Å². The molecule has 0 saturated heterocycles. The summed E-state index contributed by atoms with van der Waals surface area (Å²) in [5, 5.41) is 19.5. The number of rotatable bonds is 16. The third kappa shape index (κ3) is 15.3. The van der Waals surface area contributed by atoms with E-state index in [4.69, 9.17) is 8.83 Å². The van der Waals surface area contributed by atoms with E-state index in [1.54, 1.807) is 0 Å². The van der Waals surface area contributed by atoms with Crippen molar-refractivity contribution >= 4 is 184 Å². The number of nitrogens with zero attached hydrogens (tertiary/aromatic N) is 2. The SMILES string of the molecule is c1ccc(-c2ccc(N(c3ccc(-c4ccccc4)cc3)c3ccc(-c4cc(-c5ccc6oc7c8ccccc8ccc7c6c5)cc(-c5ccc6oc7c8ccccc8ccc7c6c5)c4)cc3)cc2)cc1.c1ccc(-c2ccc(N(c3ccc(-c4ccccc4)cc3)c3ccc(-c4cc(-c5ccc6sc7ccc8ccccc8c7c6c5)cc(-c5ccc6sc7ccc8ccccc8c7c6c5)c4)cc3)cc2)cc1. The third-order valence-electron chi connectivity index (χ3n) is 28.5. The standard InChI is InChI=1S/C68H43NO2.C68H43NS2/c1-3-11-44(12-4-1)46-19-29-56(30-20-46)69(57-31-21-47(22-32-57)45-13-5-2-6-14-45)58-33-23-48(24-34-58)53-39-54(51-27-37-65-63(42-51)61-35-25-49-15-7-9-17-59(49)67(61)70-65)41-55(40-53)52-28-38-66-64(43-52)62-36-26-50-16-8-10-18-60(50)68(62)71-66;1-3-11-44(12-4-1)46-19-29-56(30-20-46)69(57-31-21-47(22-32-57)45-13-5-2-6-14-45)58-33-23-48(24-34-58)53-39-54(51-27-35-63-61(42-51)67-59-17-9-7-15-49(59)25-37-65(67)70-63)41-55(40-53)52-28-36-64-62(43-52)68-60-18-10-8-16-50(60)26-38-66(68)71-64/h2*1-43H. The van der Waals surface area contributed by atoms with Crippen LogP contribution in [0.5, 0.6) is 0 Å². The van der Waals surface area contributed by atoms with Gasteiger partial charge in [-0.25, -0.2) is 0 Å². The van der Waals surface area contributed by atoms with Crippen LogP contribution >= 0.6 is 22.7 Å². The summed E-state index contributed by atoms with van der Waals surface area (Å²) in [6.45, 7) is 0. The van der Waals surface area contributed by atoms with Crippen molar-refractivity contribution in [1.82, 2.24) is 0 Å². The van der Waals surface area contributed by atoms with Crippen LogP contribution in [0.1, 0.15) is 0 Å². The molecule has 28 rings (SSSR count). The number of hydrogen-bond donors (Lipinski definition) is 0. The Hall–Kier alpha value is -18.0. The Bertz CT molecular complexity index is 9220. The lowest BCUT2D eigenvalue weighted by molar-refractivity contribution is 0.672. The number of benzene rings is 24. The van der Waals surface area contributed by atoms with Crippen molar-refractivity contribution in [2.45, 2.75) is 0 Å². The molecule has 0 bridgehead atoms. The fraction of sp³-hybridized carbons (Fsp3) is 0. The molecule has 28 aromatic rings. The van der Waals surface area contributed by atoms with Crippen LogP contribution in [-0.4, -0.2) is 0 Å². The Labute approximate surface area is 829 Å². The second kappa shape index (κ2) is 35.2. The molecule has 0 aliphatic carbocycles. The Balaban J connectivity index is 0.000000142. The summed E-state index contributed by atoms with van der Waals surface area (Å²) < 4.78 is 18.4. The molecule has 142 heavy (non-hydrogen) atoms. The summed E-state index contributed by atoms with van der Waals surface area (Å²) >= 11 is 3.76. The minimum Gasteiger partial charge on any atom is -0.455 e. The molecule has 4 nitrogen and oxygen atoms in total. The lowest BCUT2D eigenvalue weighted by Crippen LogP contribution is -2.09.